The second-order valence-electron chi connectivity index (χ2n) is 4.16. The molecule has 0 bridgehead atoms. The summed E-state index contributed by atoms with van der Waals surface area (Å²) < 4.78 is 0. The molecule has 3 N–H and O–H groups in total. The molecule has 1 aromatic rings. The number of benzene rings is 1. The van der Waals surface area contributed by atoms with Crippen LogP contribution in [-0.2, 0) is 4.79 Å². The molecule has 1 amide bonds. The molecule has 0 aromatic heterocycles. The van der Waals surface area contributed by atoms with Crippen LogP contribution in [-0.4, -0.2) is 24.6 Å². The number of aromatic hydroxyl groups is 1. The molecule has 0 fully saturated rings. The maximum Gasteiger partial charge on any atom is 0.221 e. The van der Waals surface area contributed by atoms with E-state index >= 15 is 0 Å². The Morgan fingerprint density at radius 3 is 2.82 bits per heavy atom. The molecule has 1 aromatic carbocycles. The normalized spacial score (nSPS) is 12.2. The predicted octanol–water partition coefficient (Wildman–Crippen LogP) is 1.49. The molecule has 0 spiro atoms. The zero-order valence-electron chi connectivity index (χ0n) is 10.6. The summed E-state index contributed by atoms with van der Waals surface area (Å²) in [7, 11) is 1.62. The van der Waals surface area contributed by atoms with Gasteiger partial charge in [-0.1, -0.05) is 17.7 Å². The van der Waals surface area contributed by atoms with E-state index in [1.807, 2.05) is 26.0 Å². The third-order valence-electron chi connectivity index (χ3n) is 2.73. The number of rotatable bonds is 5. The van der Waals surface area contributed by atoms with Crippen molar-refractivity contribution < 1.29 is 9.90 Å². The van der Waals surface area contributed by atoms with E-state index in [1.54, 1.807) is 13.1 Å². The fourth-order valence-electron chi connectivity index (χ4n) is 1.66. The third-order valence-corrected chi connectivity index (χ3v) is 2.73. The number of phenolic OH excluding ortho intramolecular Hbond substituents is 1. The summed E-state index contributed by atoms with van der Waals surface area (Å²) in [6.45, 7) is 4.55. The van der Waals surface area contributed by atoms with Gasteiger partial charge in [-0.3, -0.25) is 4.79 Å². The van der Waals surface area contributed by atoms with Gasteiger partial charge < -0.3 is 15.7 Å². The lowest BCUT2D eigenvalue weighted by Gasteiger charge is -2.16. The van der Waals surface area contributed by atoms with Gasteiger partial charge in [0.1, 0.15) is 5.75 Å². The number of nitrogens with one attached hydrogen (secondary N) is 2. The quantitative estimate of drug-likeness (QED) is 0.726. The van der Waals surface area contributed by atoms with Gasteiger partial charge in [0.15, 0.2) is 0 Å². The van der Waals surface area contributed by atoms with Crippen LogP contribution in [0.2, 0.25) is 0 Å². The number of hydrogen-bond donors (Lipinski definition) is 3. The Hall–Kier alpha value is -1.55. The number of hydrogen-bond acceptors (Lipinski definition) is 3. The number of phenols is 1. The van der Waals surface area contributed by atoms with E-state index in [4.69, 9.17) is 0 Å². The molecule has 1 unspecified atom stereocenters. The Bertz CT molecular complexity index is 391. The highest BCUT2D eigenvalue weighted by Crippen LogP contribution is 2.24. The van der Waals surface area contributed by atoms with Gasteiger partial charge in [0.2, 0.25) is 5.91 Å². The maximum atomic E-state index is 11.1. The minimum absolute atomic E-state index is 0.0122. The molecule has 1 rings (SSSR count). The summed E-state index contributed by atoms with van der Waals surface area (Å²) in [5, 5.41) is 15.5. The molecular formula is C13H20N2O2. The maximum absolute atomic E-state index is 11.1. The second kappa shape index (κ2) is 6.25. The van der Waals surface area contributed by atoms with Crippen molar-refractivity contribution in [2.75, 3.05) is 13.6 Å². The highest BCUT2D eigenvalue weighted by atomic mass is 16.3. The van der Waals surface area contributed by atoms with Crippen LogP contribution >= 0.6 is 0 Å². The first-order valence-corrected chi connectivity index (χ1v) is 5.78. The van der Waals surface area contributed by atoms with Crippen LogP contribution in [0.4, 0.5) is 0 Å². The molecule has 0 saturated heterocycles. The fraction of sp³-hybridized carbons (Fsp3) is 0.462. The van der Waals surface area contributed by atoms with Gasteiger partial charge in [0.05, 0.1) is 0 Å². The van der Waals surface area contributed by atoms with Crippen molar-refractivity contribution in [2.24, 2.45) is 0 Å². The van der Waals surface area contributed by atoms with Crippen LogP contribution in [0.25, 0.3) is 0 Å². The molecule has 4 nitrogen and oxygen atoms in total. The minimum Gasteiger partial charge on any atom is -0.508 e. The van der Waals surface area contributed by atoms with Crippen molar-refractivity contribution in [3.63, 3.8) is 0 Å². The Kier molecular flexibility index (Phi) is 4.97. The van der Waals surface area contributed by atoms with Crippen LogP contribution in [0.5, 0.6) is 5.75 Å². The highest BCUT2D eigenvalue weighted by Gasteiger charge is 2.10. The summed E-state index contributed by atoms with van der Waals surface area (Å²) in [4.78, 5) is 11.1. The van der Waals surface area contributed by atoms with Gasteiger partial charge in [0, 0.05) is 31.6 Å². The largest absolute Gasteiger partial charge is 0.508 e. The number of amides is 1. The van der Waals surface area contributed by atoms with Gasteiger partial charge in [-0.05, 0) is 19.9 Å². The van der Waals surface area contributed by atoms with Crippen molar-refractivity contribution in [3.05, 3.63) is 29.3 Å². The summed E-state index contributed by atoms with van der Waals surface area (Å²) >= 11 is 0. The van der Waals surface area contributed by atoms with E-state index in [0.717, 1.165) is 11.1 Å². The fourth-order valence-corrected chi connectivity index (χ4v) is 1.66. The molecule has 1 atom stereocenters. The summed E-state index contributed by atoms with van der Waals surface area (Å²) in [6.07, 6.45) is 0.438. The molecule has 0 radical (unpaired) electrons. The Labute approximate surface area is 102 Å². The van der Waals surface area contributed by atoms with E-state index < -0.39 is 0 Å². The van der Waals surface area contributed by atoms with Crippen LogP contribution in [0.1, 0.15) is 30.5 Å². The second-order valence-corrected chi connectivity index (χ2v) is 4.16. The van der Waals surface area contributed by atoms with E-state index in [1.165, 1.54) is 0 Å². The molecule has 0 aliphatic carbocycles. The average Bonchev–Trinajstić information content (AvgIpc) is 2.31. The van der Waals surface area contributed by atoms with Crippen molar-refractivity contribution >= 4 is 5.91 Å². The average molecular weight is 236 g/mol. The van der Waals surface area contributed by atoms with Gasteiger partial charge in [-0.2, -0.15) is 0 Å². The third kappa shape index (κ3) is 4.07. The molecular weight excluding hydrogens is 216 g/mol. The lowest BCUT2D eigenvalue weighted by atomic mass is 10.0. The first kappa shape index (κ1) is 13.5. The molecule has 4 heteroatoms. The molecule has 0 aliphatic heterocycles. The van der Waals surface area contributed by atoms with Crippen molar-refractivity contribution in [3.8, 4) is 5.75 Å². The van der Waals surface area contributed by atoms with Gasteiger partial charge in [0.25, 0.3) is 0 Å². The highest BCUT2D eigenvalue weighted by molar-refractivity contribution is 5.75. The topological polar surface area (TPSA) is 61.4 Å². The molecule has 0 heterocycles. The lowest BCUT2D eigenvalue weighted by molar-refractivity contribution is -0.120. The minimum atomic E-state index is 0.0122. The van der Waals surface area contributed by atoms with Gasteiger partial charge in [-0.25, -0.2) is 0 Å². The monoisotopic (exact) mass is 236 g/mol. The Balaban J connectivity index is 2.54. The van der Waals surface area contributed by atoms with Crippen LogP contribution in [0.3, 0.4) is 0 Å². The van der Waals surface area contributed by atoms with E-state index in [0.29, 0.717) is 13.0 Å². The van der Waals surface area contributed by atoms with E-state index in [2.05, 4.69) is 10.6 Å². The molecule has 94 valence electrons. The Morgan fingerprint density at radius 1 is 1.47 bits per heavy atom. The lowest BCUT2D eigenvalue weighted by Crippen LogP contribution is -2.26. The smallest absolute Gasteiger partial charge is 0.221 e. The van der Waals surface area contributed by atoms with Crippen molar-refractivity contribution in [1.29, 1.82) is 0 Å². The first-order valence-electron chi connectivity index (χ1n) is 5.78. The summed E-state index contributed by atoms with van der Waals surface area (Å²) in [5.41, 5.74) is 1.97. The van der Waals surface area contributed by atoms with E-state index in [-0.39, 0.29) is 17.7 Å². The van der Waals surface area contributed by atoms with Crippen LogP contribution in [0, 0.1) is 6.92 Å². The number of aryl methyl sites for hydroxylation is 1. The van der Waals surface area contributed by atoms with Crippen molar-refractivity contribution in [2.45, 2.75) is 26.3 Å². The number of carbonyl (C=O) groups is 1. The first-order chi connectivity index (χ1) is 8.04. The van der Waals surface area contributed by atoms with Crippen molar-refractivity contribution in [1.82, 2.24) is 10.6 Å². The van der Waals surface area contributed by atoms with Gasteiger partial charge >= 0.3 is 0 Å². The van der Waals surface area contributed by atoms with Gasteiger partial charge in [-0.15, -0.1) is 0 Å². The number of carbonyl (C=O) groups excluding carboxylic acids is 1. The zero-order chi connectivity index (χ0) is 12.8. The SMILES string of the molecule is CNC(=O)CCNC(C)c1cc(C)ccc1O. The summed E-state index contributed by atoms with van der Waals surface area (Å²) in [6, 6.07) is 5.55. The van der Waals surface area contributed by atoms with E-state index in [9.17, 15) is 9.90 Å². The Morgan fingerprint density at radius 2 is 2.18 bits per heavy atom. The predicted molar refractivity (Wildman–Crippen MR) is 67.9 cm³/mol. The standard InChI is InChI=1S/C13H20N2O2/c1-9-4-5-12(16)11(8-9)10(2)15-7-6-13(17)14-3/h4-5,8,10,15-16H,6-7H2,1-3H3,(H,14,17). The van der Waals surface area contributed by atoms with Crippen LogP contribution in [0.15, 0.2) is 18.2 Å². The zero-order valence-corrected chi connectivity index (χ0v) is 10.6. The summed E-state index contributed by atoms with van der Waals surface area (Å²) in [5.74, 6) is 0.300. The van der Waals surface area contributed by atoms with Crippen LogP contribution < -0.4 is 10.6 Å². The molecule has 17 heavy (non-hydrogen) atoms. The molecule has 0 saturated carbocycles. The molecule has 0 aliphatic rings.